The van der Waals surface area contributed by atoms with E-state index in [2.05, 4.69) is 10.3 Å². The summed E-state index contributed by atoms with van der Waals surface area (Å²) < 4.78 is 6.58. The number of methoxy groups -OCH3 is 1. The molecule has 0 unspecified atom stereocenters. The summed E-state index contributed by atoms with van der Waals surface area (Å²) in [6.07, 6.45) is 1.50. The van der Waals surface area contributed by atoms with E-state index in [0.29, 0.717) is 30.1 Å². The Kier molecular flexibility index (Phi) is 5.43. The van der Waals surface area contributed by atoms with Crippen molar-refractivity contribution in [1.29, 1.82) is 0 Å². The molecular weight excluding hydrogens is 330 g/mol. The summed E-state index contributed by atoms with van der Waals surface area (Å²) in [5.41, 5.74) is 1.87. The second-order valence-electron chi connectivity index (χ2n) is 5.66. The molecule has 132 valence electrons. The minimum atomic E-state index is -0.217. The Morgan fingerprint density at radius 2 is 1.92 bits per heavy atom. The van der Waals surface area contributed by atoms with Gasteiger partial charge in [-0.15, -0.1) is 0 Å². The molecule has 1 N–H and O–H groups in total. The van der Waals surface area contributed by atoms with Crippen LogP contribution in [0.15, 0.2) is 71.8 Å². The Labute approximate surface area is 151 Å². The summed E-state index contributed by atoms with van der Waals surface area (Å²) in [5.74, 6) is 0.403. The maximum atomic E-state index is 12.2. The number of aromatic nitrogens is 2. The predicted octanol–water partition coefficient (Wildman–Crippen LogP) is 2.35. The molecule has 0 aliphatic rings. The van der Waals surface area contributed by atoms with E-state index in [4.69, 9.17) is 4.74 Å². The molecule has 0 fully saturated rings. The average molecular weight is 349 g/mol. The molecule has 0 bridgehead atoms. The van der Waals surface area contributed by atoms with Gasteiger partial charge in [0.2, 0.25) is 0 Å². The van der Waals surface area contributed by atoms with Crippen LogP contribution in [0.3, 0.4) is 0 Å². The molecule has 0 radical (unpaired) electrons. The number of hydrogen-bond donors (Lipinski definition) is 1. The smallest absolute Gasteiger partial charge is 0.253 e. The van der Waals surface area contributed by atoms with Gasteiger partial charge in [0.25, 0.3) is 11.5 Å². The Morgan fingerprint density at radius 1 is 1.12 bits per heavy atom. The number of benzene rings is 2. The molecule has 0 saturated heterocycles. The topological polar surface area (TPSA) is 73.2 Å². The van der Waals surface area contributed by atoms with Gasteiger partial charge in [-0.2, -0.15) is 0 Å². The van der Waals surface area contributed by atoms with Crippen molar-refractivity contribution in [3.63, 3.8) is 0 Å². The van der Waals surface area contributed by atoms with Crippen LogP contribution in [0.1, 0.15) is 10.4 Å². The molecule has 1 amide bonds. The van der Waals surface area contributed by atoms with Crippen LogP contribution in [-0.4, -0.2) is 29.1 Å². The van der Waals surface area contributed by atoms with Crippen LogP contribution in [0, 0.1) is 0 Å². The monoisotopic (exact) mass is 349 g/mol. The Bertz CT molecular complexity index is 952. The van der Waals surface area contributed by atoms with E-state index in [1.54, 1.807) is 31.4 Å². The van der Waals surface area contributed by atoms with Crippen LogP contribution in [-0.2, 0) is 6.54 Å². The summed E-state index contributed by atoms with van der Waals surface area (Å²) in [6, 6.07) is 17.9. The van der Waals surface area contributed by atoms with E-state index >= 15 is 0 Å². The second kappa shape index (κ2) is 8.11. The number of rotatable bonds is 6. The van der Waals surface area contributed by atoms with E-state index in [1.165, 1.54) is 17.0 Å². The molecule has 0 aliphatic carbocycles. The fourth-order valence-electron chi connectivity index (χ4n) is 2.52. The highest BCUT2D eigenvalue weighted by molar-refractivity contribution is 5.94. The molecule has 6 heteroatoms. The number of nitrogens with zero attached hydrogens (tertiary/aromatic N) is 2. The first-order chi connectivity index (χ1) is 12.7. The maximum absolute atomic E-state index is 12.2. The van der Waals surface area contributed by atoms with Crippen LogP contribution in [0.4, 0.5) is 0 Å². The van der Waals surface area contributed by atoms with Crippen molar-refractivity contribution in [3.05, 3.63) is 82.9 Å². The summed E-state index contributed by atoms with van der Waals surface area (Å²) in [5, 5.41) is 2.79. The van der Waals surface area contributed by atoms with Gasteiger partial charge in [-0.05, 0) is 18.2 Å². The van der Waals surface area contributed by atoms with Crippen LogP contribution >= 0.6 is 0 Å². The van der Waals surface area contributed by atoms with Gasteiger partial charge >= 0.3 is 0 Å². The Morgan fingerprint density at radius 3 is 2.65 bits per heavy atom. The third-order valence-corrected chi connectivity index (χ3v) is 3.92. The third-order valence-electron chi connectivity index (χ3n) is 3.92. The van der Waals surface area contributed by atoms with E-state index in [-0.39, 0.29) is 11.5 Å². The quantitative estimate of drug-likeness (QED) is 0.741. The second-order valence-corrected chi connectivity index (χ2v) is 5.66. The van der Waals surface area contributed by atoms with Gasteiger partial charge in [0.1, 0.15) is 5.75 Å². The van der Waals surface area contributed by atoms with Crippen molar-refractivity contribution >= 4 is 5.91 Å². The van der Waals surface area contributed by atoms with E-state index in [9.17, 15) is 9.59 Å². The molecule has 3 aromatic rings. The molecule has 0 atom stereocenters. The molecule has 1 aromatic heterocycles. The zero-order valence-corrected chi connectivity index (χ0v) is 14.4. The lowest BCUT2D eigenvalue weighted by Crippen LogP contribution is -2.30. The molecule has 2 aromatic carbocycles. The van der Waals surface area contributed by atoms with Crippen molar-refractivity contribution in [3.8, 4) is 17.0 Å². The average Bonchev–Trinajstić information content (AvgIpc) is 2.69. The maximum Gasteiger partial charge on any atom is 0.253 e. The van der Waals surface area contributed by atoms with E-state index in [1.807, 2.05) is 30.3 Å². The Balaban J connectivity index is 1.61. The molecule has 0 aliphatic heterocycles. The van der Waals surface area contributed by atoms with Crippen molar-refractivity contribution in [1.82, 2.24) is 14.9 Å². The zero-order chi connectivity index (χ0) is 18.4. The Hall–Kier alpha value is -3.41. The van der Waals surface area contributed by atoms with Crippen LogP contribution < -0.4 is 15.6 Å². The molecule has 6 nitrogen and oxygen atoms in total. The lowest BCUT2D eigenvalue weighted by Gasteiger charge is -2.09. The number of ether oxygens (including phenoxy) is 1. The normalized spacial score (nSPS) is 10.3. The van der Waals surface area contributed by atoms with Gasteiger partial charge in [0.15, 0.2) is 0 Å². The summed E-state index contributed by atoms with van der Waals surface area (Å²) in [6.45, 7) is 0.666. The van der Waals surface area contributed by atoms with Gasteiger partial charge < -0.3 is 10.1 Å². The molecule has 1 heterocycles. The SMILES string of the molecule is COc1cccc(C(=O)NCCn2cnc(-c3ccccc3)cc2=O)c1. The fourth-order valence-corrected chi connectivity index (χ4v) is 2.52. The summed E-state index contributed by atoms with van der Waals surface area (Å²) >= 11 is 0. The number of hydrogen-bond acceptors (Lipinski definition) is 4. The van der Waals surface area contributed by atoms with Crippen LogP contribution in [0.2, 0.25) is 0 Å². The largest absolute Gasteiger partial charge is 0.497 e. The lowest BCUT2D eigenvalue weighted by atomic mass is 10.1. The zero-order valence-electron chi connectivity index (χ0n) is 14.4. The third kappa shape index (κ3) is 4.16. The standard InChI is InChI=1S/C20H19N3O3/c1-26-17-9-5-8-16(12-17)20(25)21-10-11-23-14-22-18(13-19(23)24)15-6-3-2-4-7-15/h2-9,12-14H,10-11H2,1H3,(H,21,25). The van der Waals surface area contributed by atoms with Gasteiger partial charge in [-0.3, -0.25) is 14.2 Å². The first kappa shape index (κ1) is 17.4. The van der Waals surface area contributed by atoms with Crippen molar-refractivity contribution in [2.75, 3.05) is 13.7 Å². The highest BCUT2D eigenvalue weighted by Gasteiger charge is 2.07. The molecule has 0 saturated carbocycles. The minimum absolute atomic E-state index is 0.158. The van der Waals surface area contributed by atoms with Gasteiger partial charge in [0, 0.05) is 30.3 Å². The first-order valence-corrected chi connectivity index (χ1v) is 8.21. The number of carbonyl (C=O) groups is 1. The molecule has 26 heavy (non-hydrogen) atoms. The first-order valence-electron chi connectivity index (χ1n) is 8.21. The number of carbonyl (C=O) groups excluding carboxylic acids is 1. The van der Waals surface area contributed by atoms with Crippen LogP contribution in [0.5, 0.6) is 5.75 Å². The molecule has 3 rings (SSSR count). The summed E-state index contributed by atoms with van der Waals surface area (Å²) in [7, 11) is 1.55. The highest BCUT2D eigenvalue weighted by atomic mass is 16.5. The molecular formula is C20H19N3O3. The summed E-state index contributed by atoms with van der Waals surface area (Å²) in [4.78, 5) is 28.7. The number of nitrogens with one attached hydrogen (secondary N) is 1. The van der Waals surface area contributed by atoms with Gasteiger partial charge in [-0.1, -0.05) is 36.4 Å². The highest BCUT2D eigenvalue weighted by Crippen LogP contribution is 2.13. The van der Waals surface area contributed by atoms with Gasteiger partial charge in [-0.25, -0.2) is 4.98 Å². The number of amides is 1. The van der Waals surface area contributed by atoms with E-state index in [0.717, 1.165) is 5.56 Å². The fraction of sp³-hybridized carbons (Fsp3) is 0.150. The van der Waals surface area contributed by atoms with Crippen molar-refractivity contribution in [2.45, 2.75) is 6.54 Å². The van der Waals surface area contributed by atoms with Crippen molar-refractivity contribution in [2.24, 2.45) is 0 Å². The minimum Gasteiger partial charge on any atom is -0.497 e. The van der Waals surface area contributed by atoms with E-state index < -0.39 is 0 Å². The molecule has 0 spiro atoms. The van der Waals surface area contributed by atoms with Crippen LogP contribution in [0.25, 0.3) is 11.3 Å². The van der Waals surface area contributed by atoms with Gasteiger partial charge in [0.05, 0.1) is 19.1 Å². The lowest BCUT2D eigenvalue weighted by molar-refractivity contribution is 0.0952. The van der Waals surface area contributed by atoms with Crippen molar-refractivity contribution < 1.29 is 9.53 Å². The predicted molar refractivity (Wildman–Crippen MR) is 99.3 cm³/mol.